The van der Waals surface area contributed by atoms with Gasteiger partial charge in [-0.2, -0.15) is 0 Å². The van der Waals surface area contributed by atoms with Crippen LogP contribution >= 0.6 is 0 Å². The van der Waals surface area contributed by atoms with Crippen molar-refractivity contribution in [3.05, 3.63) is 12.2 Å². The van der Waals surface area contributed by atoms with Crippen LogP contribution in [0, 0.1) is 23.7 Å². The molecule has 0 amide bonds. The van der Waals surface area contributed by atoms with E-state index in [1.807, 2.05) is 0 Å². The van der Waals surface area contributed by atoms with Crippen molar-refractivity contribution in [2.24, 2.45) is 23.7 Å². The molecule has 1 heteroatoms. The summed E-state index contributed by atoms with van der Waals surface area (Å²) in [5, 5.41) is 0. The first-order valence-corrected chi connectivity index (χ1v) is 8.56. The van der Waals surface area contributed by atoms with Crippen molar-refractivity contribution in [3.8, 4) is 0 Å². The number of halogens is 1. The fourth-order valence-electron chi connectivity index (χ4n) is 4.23. The van der Waals surface area contributed by atoms with Crippen molar-refractivity contribution in [2.75, 3.05) is 6.67 Å². The number of hydrogen-bond donors (Lipinski definition) is 0. The lowest BCUT2D eigenvalue weighted by molar-refractivity contribution is 0.154. The first-order valence-electron chi connectivity index (χ1n) is 8.56. The SMILES string of the molecule is CCC1CCC([C@H]2CC[C@H](/C=C/CCF)CC2)CC1. The second-order valence-electron chi connectivity index (χ2n) is 6.77. The Kier molecular flexibility index (Phi) is 6.40. The predicted molar refractivity (Wildman–Crippen MR) is 80.9 cm³/mol. The number of allylic oxidation sites excluding steroid dienone is 2. The highest BCUT2D eigenvalue weighted by Crippen LogP contribution is 2.42. The molecule has 0 spiro atoms. The highest BCUT2D eigenvalue weighted by atomic mass is 19.1. The highest BCUT2D eigenvalue weighted by molar-refractivity contribution is 4.92. The van der Waals surface area contributed by atoms with Crippen LogP contribution in [0.25, 0.3) is 0 Å². The molecule has 2 rings (SSSR count). The topological polar surface area (TPSA) is 0 Å². The molecule has 0 bridgehead atoms. The Hall–Kier alpha value is -0.330. The first-order chi connectivity index (χ1) is 9.33. The molecule has 2 fully saturated rings. The van der Waals surface area contributed by atoms with Crippen molar-refractivity contribution in [1.82, 2.24) is 0 Å². The van der Waals surface area contributed by atoms with E-state index < -0.39 is 0 Å². The van der Waals surface area contributed by atoms with Crippen LogP contribution in [0.1, 0.15) is 71.1 Å². The third kappa shape index (κ3) is 4.61. The molecule has 0 radical (unpaired) electrons. The second kappa shape index (κ2) is 8.07. The van der Waals surface area contributed by atoms with Crippen molar-refractivity contribution >= 4 is 0 Å². The van der Waals surface area contributed by atoms with Crippen LogP contribution in [-0.4, -0.2) is 6.67 Å². The quantitative estimate of drug-likeness (QED) is 0.541. The van der Waals surface area contributed by atoms with Gasteiger partial charge in [-0.05, 0) is 68.6 Å². The molecule has 110 valence electrons. The Bertz CT molecular complexity index is 255. The monoisotopic (exact) mass is 266 g/mol. The summed E-state index contributed by atoms with van der Waals surface area (Å²) in [7, 11) is 0. The molecule has 2 saturated carbocycles. The number of alkyl halides is 1. The van der Waals surface area contributed by atoms with E-state index in [0.717, 1.165) is 23.7 Å². The normalized spacial score (nSPS) is 36.7. The summed E-state index contributed by atoms with van der Waals surface area (Å²) in [5.41, 5.74) is 0. The first kappa shape index (κ1) is 15.1. The highest BCUT2D eigenvalue weighted by Gasteiger charge is 2.29. The standard InChI is InChI=1S/C18H31F/c1-2-15-6-10-17(11-7-15)18-12-8-16(9-13-18)5-3-4-14-19/h3,5,15-18H,2,4,6-14H2,1H3/b5-3+/t15?,16-,17?,18-. The van der Waals surface area contributed by atoms with Gasteiger partial charge in [0, 0.05) is 0 Å². The molecule has 2 aliphatic carbocycles. The Balaban J connectivity index is 1.68. The van der Waals surface area contributed by atoms with Crippen LogP contribution < -0.4 is 0 Å². The molecule has 0 N–H and O–H groups in total. The number of rotatable bonds is 5. The average Bonchev–Trinajstić information content (AvgIpc) is 2.48. The fraction of sp³-hybridized carbons (Fsp3) is 0.889. The summed E-state index contributed by atoms with van der Waals surface area (Å²) < 4.78 is 12.1. The maximum absolute atomic E-state index is 12.1. The molecule has 0 nitrogen and oxygen atoms in total. The average molecular weight is 266 g/mol. The van der Waals surface area contributed by atoms with Crippen molar-refractivity contribution in [3.63, 3.8) is 0 Å². The van der Waals surface area contributed by atoms with Crippen LogP contribution in [0.3, 0.4) is 0 Å². The zero-order chi connectivity index (χ0) is 13.5. The second-order valence-corrected chi connectivity index (χ2v) is 6.77. The molecule has 0 aromatic rings. The molecule has 0 aliphatic heterocycles. The fourth-order valence-corrected chi connectivity index (χ4v) is 4.23. The van der Waals surface area contributed by atoms with Crippen molar-refractivity contribution in [1.29, 1.82) is 0 Å². The molecule has 2 aliphatic rings. The van der Waals surface area contributed by atoms with Gasteiger partial charge in [-0.15, -0.1) is 0 Å². The molecule has 0 saturated heterocycles. The maximum atomic E-state index is 12.1. The minimum atomic E-state index is -0.202. The van der Waals surface area contributed by atoms with E-state index in [1.54, 1.807) is 0 Å². The van der Waals surface area contributed by atoms with E-state index >= 15 is 0 Å². The van der Waals surface area contributed by atoms with E-state index in [-0.39, 0.29) is 6.67 Å². The Morgan fingerprint density at radius 3 is 2.00 bits per heavy atom. The largest absolute Gasteiger partial charge is 0.251 e. The smallest absolute Gasteiger partial charge is 0.0928 e. The minimum absolute atomic E-state index is 0.202. The third-order valence-corrected chi connectivity index (χ3v) is 5.64. The zero-order valence-electron chi connectivity index (χ0n) is 12.6. The van der Waals surface area contributed by atoms with E-state index in [2.05, 4.69) is 19.1 Å². The zero-order valence-corrected chi connectivity index (χ0v) is 12.6. The predicted octanol–water partition coefficient (Wildman–Crippen LogP) is 5.93. The molecular formula is C18H31F. The van der Waals surface area contributed by atoms with Crippen LogP contribution in [0.5, 0.6) is 0 Å². The van der Waals surface area contributed by atoms with E-state index in [0.29, 0.717) is 6.42 Å². The lowest BCUT2D eigenvalue weighted by Gasteiger charge is -2.37. The summed E-state index contributed by atoms with van der Waals surface area (Å²) in [5.74, 6) is 3.80. The Morgan fingerprint density at radius 1 is 0.895 bits per heavy atom. The van der Waals surface area contributed by atoms with Crippen LogP contribution in [-0.2, 0) is 0 Å². The van der Waals surface area contributed by atoms with Crippen LogP contribution in [0.4, 0.5) is 4.39 Å². The molecule has 0 heterocycles. The molecule has 19 heavy (non-hydrogen) atoms. The van der Waals surface area contributed by atoms with Gasteiger partial charge in [-0.1, -0.05) is 38.3 Å². The molecular weight excluding hydrogens is 235 g/mol. The van der Waals surface area contributed by atoms with Gasteiger partial charge in [0.1, 0.15) is 0 Å². The van der Waals surface area contributed by atoms with Gasteiger partial charge >= 0.3 is 0 Å². The molecule has 0 aromatic heterocycles. The molecule has 0 unspecified atom stereocenters. The van der Waals surface area contributed by atoms with Crippen LogP contribution in [0.15, 0.2) is 12.2 Å². The van der Waals surface area contributed by atoms with Gasteiger partial charge < -0.3 is 0 Å². The van der Waals surface area contributed by atoms with E-state index in [1.165, 1.54) is 57.8 Å². The minimum Gasteiger partial charge on any atom is -0.251 e. The summed E-state index contributed by atoms with van der Waals surface area (Å²) in [4.78, 5) is 0. The number of hydrogen-bond acceptors (Lipinski definition) is 0. The van der Waals surface area contributed by atoms with Gasteiger partial charge in [-0.3, -0.25) is 4.39 Å². The molecule has 0 aromatic carbocycles. The third-order valence-electron chi connectivity index (χ3n) is 5.64. The molecule has 0 atom stereocenters. The van der Waals surface area contributed by atoms with Crippen molar-refractivity contribution in [2.45, 2.75) is 71.1 Å². The van der Waals surface area contributed by atoms with E-state index in [4.69, 9.17) is 0 Å². The summed E-state index contributed by atoms with van der Waals surface area (Å²) in [6.45, 7) is 2.15. The van der Waals surface area contributed by atoms with Gasteiger partial charge in [0.25, 0.3) is 0 Å². The van der Waals surface area contributed by atoms with Gasteiger partial charge in [-0.25, -0.2) is 0 Å². The maximum Gasteiger partial charge on any atom is 0.0928 e. The summed E-state index contributed by atoms with van der Waals surface area (Å²) in [6.07, 6.45) is 17.8. The lowest BCUT2D eigenvalue weighted by atomic mass is 9.69. The van der Waals surface area contributed by atoms with Gasteiger partial charge in [0.2, 0.25) is 0 Å². The van der Waals surface area contributed by atoms with Gasteiger partial charge in [0.15, 0.2) is 0 Å². The van der Waals surface area contributed by atoms with Gasteiger partial charge in [0.05, 0.1) is 6.67 Å². The Labute approximate surface area is 118 Å². The van der Waals surface area contributed by atoms with E-state index in [9.17, 15) is 4.39 Å². The lowest BCUT2D eigenvalue weighted by Crippen LogP contribution is -2.25. The Morgan fingerprint density at radius 2 is 1.47 bits per heavy atom. The summed E-state index contributed by atoms with van der Waals surface area (Å²) in [6, 6.07) is 0. The van der Waals surface area contributed by atoms with Crippen LogP contribution in [0.2, 0.25) is 0 Å². The summed E-state index contributed by atoms with van der Waals surface area (Å²) >= 11 is 0. The van der Waals surface area contributed by atoms with Crippen molar-refractivity contribution < 1.29 is 4.39 Å².